The minimum absolute atomic E-state index is 0.142. The van der Waals surface area contributed by atoms with Gasteiger partial charge in [0.15, 0.2) is 8.32 Å². The van der Waals surface area contributed by atoms with Crippen molar-refractivity contribution in [3.05, 3.63) is 42.0 Å². The Morgan fingerprint density at radius 3 is 2.28 bits per heavy atom. The second-order valence-corrected chi connectivity index (χ2v) is 14.6. The Kier molecular flexibility index (Phi) is 4.38. The minimum atomic E-state index is -1.83. The van der Waals surface area contributed by atoms with Gasteiger partial charge >= 0.3 is 0 Å². The molecular formula is C22H34O2Si. The molecule has 0 N–H and O–H groups in total. The highest BCUT2D eigenvalue weighted by atomic mass is 28.4. The number of ether oxygens (including phenoxy) is 1. The molecule has 138 valence electrons. The molecule has 0 saturated carbocycles. The van der Waals surface area contributed by atoms with Gasteiger partial charge in [0.2, 0.25) is 0 Å². The first-order valence-electron chi connectivity index (χ1n) is 9.58. The molecule has 1 saturated heterocycles. The van der Waals surface area contributed by atoms with Gasteiger partial charge < -0.3 is 9.16 Å². The maximum absolute atomic E-state index is 6.83. The smallest absolute Gasteiger partial charge is 0.192 e. The molecule has 3 atom stereocenters. The Bertz CT molecular complexity index is 671. The second-order valence-electron chi connectivity index (χ2n) is 9.83. The lowest BCUT2D eigenvalue weighted by atomic mass is 9.73. The maximum Gasteiger partial charge on any atom is 0.192 e. The molecule has 1 fully saturated rings. The van der Waals surface area contributed by atoms with E-state index in [9.17, 15) is 0 Å². The molecule has 3 rings (SSSR count). The van der Waals surface area contributed by atoms with Crippen molar-refractivity contribution in [3.63, 3.8) is 0 Å². The number of fused-ring (bicyclic) bond motifs is 2. The molecule has 1 aromatic carbocycles. The molecule has 3 heteroatoms. The van der Waals surface area contributed by atoms with Gasteiger partial charge in [0, 0.05) is 6.42 Å². The van der Waals surface area contributed by atoms with Crippen LogP contribution in [0.3, 0.4) is 0 Å². The van der Waals surface area contributed by atoms with Crippen LogP contribution in [0.25, 0.3) is 5.57 Å². The number of benzene rings is 1. The van der Waals surface area contributed by atoms with Gasteiger partial charge in [-0.25, -0.2) is 0 Å². The summed E-state index contributed by atoms with van der Waals surface area (Å²) in [4.78, 5) is 0. The van der Waals surface area contributed by atoms with Crippen LogP contribution in [0.15, 0.2) is 36.4 Å². The fraction of sp³-hybridized carbons (Fsp3) is 0.636. The second kappa shape index (κ2) is 5.80. The number of hydrogen-bond acceptors (Lipinski definition) is 2. The molecule has 0 aliphatic carbocycles. The first-order valence-corrected chi connectivity index (χ1v) is 12.5. The summed E-state index contributed by atoms with van der Waals surface area (Å²) in [5.41, 5.74) is 2.07. The lowest BCUT2D eigenvalue weighted by molar-refractivity contribution is -0.0601. The quantitative estimate of drug-likeness (QED) is 0.610. The Balaban J connectivity index is 1.98. The van der Waals surface area contributed by atoms with Crippen LogP contribution in [0, 0.1) is 5.92 Å². The van der Waals surface area contributed by atoms with Crippen LogP contribution in [-0.4, -0.2) is 25.6 Å². The molecule has 2 heterocycles. The van der Waals surface area contributed by atoms with Crippen LogP contribution >= 0.6 is 0 Å². The van der Waals surface area contributed by atoms with Crippen molar-refractivity contribution in [1.29, 1.82) is 0 Å². The standard InChI is InChI=1S/C22H34O2Si/c1-16(2)22-15-19(23-25(7,8)20(3,4)5)21(6,24-22)14-18(22)17-12-10-9-11-13-17/h9-14,16,19H,15H2,1-8H3/t19-,21+,22-/m1/s1. The lowest BCUT2D eigenvalue weighted by Gasteiger charge is -2.42. The van der Waals surface area contributed by atoms with E-state index in [0.29, 0.717) is 5.92 Å². The summed E-state index contributed by atoms with van der Waals surface area (Å²) < 4.78 is 13.6. The predicted octanol–water partition coefficient (Wildman–Crippen LogP) is 6.05. The number of hydrogen-bond donors (Lipinski definition) is 0. The molecule has 0 radical (unpaired) electrons. The van der Waals surface area contributed by atoms with E-state index in [2.05, 4.69) is 91.0 Å². The van der Waals surface area contributed by atoms with Gasteiger partial charge in [-0.1, -0.05) is 65.0 Å². The molecule has 2 aliphatic heterocycles. The van der Waals surface area contributed by atoms with Crippen molar-refractivity contribution in [2.75, 3.05) is 0 Å². The predicted molar refractivity (Wildman–Crippen MR) is 108 cm³/mol. The van der Waals surface area contributed by atoms with Crippen molar-refractivity contribution < 1.29 is 9.16 Å². The van der Waals surface area contributed by atoms with E-state index in [0.717, 1.165) is 6.42 Å². The van der Waals surface area contributed by atoms with E-state index in [1.54, 1.807) is 0 Å². The average Bonchev–Trinajstić information content (AvgIpc) is 2.96. The van der Waals surface area contributed by atoms with Crippen molar-refractivity contribution in [3.8, 4) is 0 Å². The van der Waals surface area contributed by atoms with Crippen LogP contribution in [0.2, 0.25) is 18.1 Å². The Morgan fingerprint density at radius 1 is 1.16 bits per heavy atom. The third-order valence-electron chi connectivity index (χ3n) is 6.68. The molecular weight excluding hydrogens is 324 g/mol. The Morgan fingerprint density at radius 2 is 1.76 bits per heavy atom. The van der Waals surface area contributed by atoms with Crippen LogP contribution < -0.4 is 0 Å². The summed E-state index contributed by atoms with van der Waals surface area (Å²) in [6.45, 7) is 18.4. The highest BCUT2D eigenvalue weighted by Crippen LogP contribution is 2.58. The minimum Gasteiger partial charge on any atom is -0.411 e. The zero-order valence-electron chi connectivity index (χ0n) is 17.1. The highest BCUT2D eigenvalue weighted by Gasteiger charge is 2.62. The van der Waals surface area contributed by atoms with Crippen molar-refractivity contribution in [2.45, 2.75) is 83.4 Å². The van der Waals surface area contributed by atoms with Gasteiger partial charge in [-0.05, 0) is 48.2 Å². The molecule has 2 aliphatic rings. The summed E-state index contributed by atoms with van der Waals surface area (Å²) in [7, 11) is -1.83. The van der Waals surface area contributed by atoms with Gasteiger partial charge in [-0.15, -0.1) is 0 Å². The highest BCUT2D eigenvalue weighted by molar-refractivity contribution is 6.74. The van der Waals surface area contributed by atoms with Crippen molar-refractivity contribution in [2.24, 2.45) is 5.92 Å². The van der Waals surface area contributed by atoms with Gasteiger partial charge in [-0.3, -0.25) is 0 Å². The molecule has 0 spiro atoms. The normalized spacial score (nSPS) is 32.4. The third kappa shape index (κ3) is 2.94. The van der Waals surface area contributed by atoms with E-state index in [1.165, 1.54) is 11.1 Å². The van der Waals surface area contributed by atoms with E-state index in [-0.39, 0.29) is 22.3 Å². The number of rotatable bonds is 4. The lowest BCUT2D eigenvalue weighted by Crippen LogP contribution is -2.49. The average molecular weight is 359 g/mol. The molecule has 25 heavy (non-hydrogen) atoms. The summed E-state index contributed by atoms with van der Waals surface area (Å²) in [6, 6.07) is 10.7. The fourth-order valence-electron chi connectivity index (χ4n) is 3.98. The zero-order valence-corrected chi connectivity index (χ0v) is 18.1. The fourth-order valence-corrected chi connectivity index (χ4v) is 5.36. The Labute approximate surface area is 154 Å². The van der Waals surface area contributed by atoms with E-state index in [4.69, 9.17) is 9.16 Å². The first kappa shape index (κ1) is 18.9. The summed E-state index contributed by atoms with van der Waals surface area (Å²) in [6.07, 6.45) is 3.45. The van der Waals surface area contributed by atoms with E-state index in [1.807, 2.05) is 0 Å². The Hall–Kier alpha value is -0.903. The third-order valence-corrected chi connectivity index (χ3v) is 11.2. The van der Waals surface area contributed by atoms with Crippen LogP contribution in [0.4, 0.5) is 0 Å². The van der Waals surface area contributed by atoms with E-state index >= 15 is 0 Å². The van der Waals surface area contributed by atoms with Crippen LogP contribution in [-0.2, 0) is 9.16 Å². The van der Waals surface area contributed by atoms with Crippen molar-refractivity contribution >= 4 is 13.9 Å². The van der Waals surface area contributed by atoms with Gasteiger partial charge in [0.05, 0.1) is 11.7 Å². The molecule has 1 aromatic rings. The SMILES string of the molecule is CC(C)[C@]12C[C@@H](O[Si](C)(C)C(C)(C)C)[C@](C)(C=C1c1ccccc1)O2. The largest absolute Gasteiger partial charge is 0.411 e. The van der Waals surface area contributed by atoms with Gasteiger partial charge in [-0.2, -0.15) is 0 Å². The first-order chi connectivity index (χ1) is 11.4. The zero-order chi connectivity index (χ0) is 18.7. The van der Waals surface area contributed by atoms with Crippen LogP contribution in [0.5, 0.6) is 0 Å². The van der Waals surface area contributed by atoms with Crippen molar-refractivity contribution in [1.82, 2.24) is 0 Å². The summed E-state index contributed by atoms with van der Waals surface area (Å²) in [5, 5.41) is 0.210. The molecule has 0 amide bonds. The van der Waals surface area contributed by atoms with Gasteiger partial charge in [0.25, 0.3) is 0 Å². The molecule has 0 unspecified atom stereocenters. The van der Waals surface area contributed by atoms with E-state index < -0.39 is 8.32 Å². The summed E-state index contributed by atoms with van der Waals surface area (Å²) >= 11 is 0. The molecule has 0 aromatic heterocycles. The van der Waals surface area contributed by atoms with Gasteiger partial charge in [0.1, 0.15) is 5.60 Å². The molecule has 2 bridgehead atoms. The molecule has 2 nitrogen and oxygen atoms in total. The maximum atomic E-state index is 6.83. The topological polar surface area (TPSA) is 18.5 Å². The monoisotopic (exact) mass is 358 g/mol. The van der Waals surface area contributed by atoms with Crippen LogP contribution in [0.1, 0.15) is 53.5 Å². The summed E-state index contributed by atoms with van der Waals surface area (Å²) in [5.74, 6) is 0.411.